The van der Waals surface area contributed by atoms with Gasteiger partial charge in [-0.1, -0.05) is 73.1 Å². The van der Waals surface area contributed by atoms with Crippen LogP contribution >= 0.6 is 23.4 Å². The van der Waals surface area contributed by atoms with Crippen LogP contribution in [0.4, 0.5) is 0 Å². The number of rotatable bonds is 7. The molecule has 32 heavy (non-hydrogen) atoms. The number of nitrogens with one attached hydrogen (secondary N) is 1. The van der Waals surface area contributed by atoms with Gasteiger partial charge in [-0.05, 0) is 46.9 Å². The zero-order valence-electron chi connectivity index (χ0n) is 17.8. The Kier molecular flexibility index (Phi) is 7.18. The van der Waals surface area contributed by atoms with E-state index in [1.54, 1.807) is 11.8 Å². The van der Waals surface area contributed by atoms with Gasteiger partial charge in [0.15, 0.2) is 0 Å². The Labute approximate surface area is 198 Å². The van der Waals surface area contributed by atoms with Gasteiger partial charge >= 0.3 is 0 Å². The summed E-state index contributed by atoms with van der Waals surface area (Å²) in [5, 5.41) is 3.64. The van der Waals surface area contributed by atoms with Crippen LogP contribution in [-0.4, -0.2) is 29.0 Å². The highest BCUT2D eigenvalue weighted by Gasteiger charge is 2.32. The summed E-state index contributed by atoms with van der Waals surface area (Å²) in [6, 6.07) is 25.3. The number of thioether (sulfide) groups is 1. The molecule has 0 aromatic heterocycles. The van der Waals surface area contributed by atoms with E-state index in [2.05, 4.69) is 24.4 Å². The number of hydrogen-bond acceptors (Lipinski definition) is 3. The van der Waals surface area contributed by atoms with E-state index in [1.807, 2.05) is 71.6 Å². The maximum atomic E-state index is 12.6. The molecule has 3 aromatic rings. The molecule has 1 aliphatic heterocycles. The average Bonchev–Trinajstić information content (AvgIpc) is 3.19. The summed E-state index contributed by atoms with van der Waals surface area (Å²) in [6.07, 6.45) is 0. The number of benzene rings is 3. The molecule has 0 spiro atoms. The fourth-order valence-corrected chi connectivity index (χ4v) is 5.05. The summed E-state index contributed by atoms with van der Waals surface area (Å²) in [6.45, 7) is 3.21. The van der Waals surface area contributed by atoms with Gasteiger partial charge in [-0.25, -0.2) is 0 Å². The molecule has 0 radical (unpaired) electrons. The van der Waals surface area contributed by atoms with E-state index in [9.17, 15) is 9.59 Å². The maximum absolute atomic E-state index is 12.6. The van der Waals surface area contributed by atoms with Gasteiger partial charge in [-0.3, -0.25) is 9.59 Å². The molecule has 1 N–H and O–H groups in total. The fourth-order valence-electron chi connectivity index (χ4n) is 3.73. The Hall–Kier alpha value is -2.76. The van der Waals surface area contributed by atoms with Crippen molar-refractivity contribution in [3.8, 4) is 0 Å². The minimum Gasteiger partial charge on any atom is -0.351 e. The average molecular weight is 465 g/mol. The van der Waals surface area contributed by atoms with Crippen molar-refractivity contribution in [2.24, 2.45) is 0 Å². The minimum atomic E-state index is -0.0903. The molecule has 2 amide bonds. The molecule has 0 bridgehead atoms. The van der Waals surface area contributed by atoms with Crippen molar-refractivity contribution in [1.29, 1.82) is 0 Å². The number of halogens is 1. The van der Waals surface area contributed by atoms with E-state index >= 15 is 0 Å². The second kappa shape index (κ2) is 10.2. The lowest BCUT2D eigenvalue weighted by Crippen LogP contribution is -2.28. The van der Waals surface area contributed by atoms with Crippen molar-refractivity contribution in [1.82, 2.24) is 10.2 Å². The van der Waals surface area contributed by atoms with Crippen LogP contribution in [0.25, 0.3) is 0 Å². The predicted molar refractivity (Wildman–Crippen MR) is 131 cm³/mol. The third-order valence-corrected chi connectivity index (χ3v) is 7.14. The van der Waals surface area contributed by atoms with Crippen LogP contribution in [0.1, 0.15) is 45.3 Å². The largest absolute Gasteiger partial charge is 0.351 e. The number of amides is 2. The lowest BCUT2D eigenvalue weighted by atomic mass is 10.0. The van der Waals surface area contributed by atoms with Gasteiger partial charge in [0.2, 0.25) is 5.91 Å². The molecular weight excluding hydrogens is 440 g/mol. The van der Waals surface area contributed by atoms with Gasteiger partial charge in [0, 0.05) is 23.7 Å². The van der Waals surface area contributed by atoms with Gasteiger partial charge in [0.25, 0.3) is 5.91 Å². The van der Waals surface area contributed by atoms with Gasteiger partial charge in [-0.2, -0.15) is 0 Å². The van der Waals surface area contributed by atoms with Crippen molar-refractivity contribution < 1.29 is 9.59 Å². The van der Waals surface area contributed by atoms with E-state index in [-0.39, 0.29) is 23.1 Å². The van der Waals surface area contributed by atoms with Crippen LogP contribution in [0.2, 0.25) is 5.02 Å². The molecule has 1 saturated heterocycles. The molecule has 1 aliphatic rings. The smallest absolute Gasteiger partial charge is 0.251 e. The Morgan fingerprint density at radius 2 is 1.75 bits per heavy atom. The first kappa shape index (κ1) is 22.4. The summed E-state index contributed by atoms with van der Waals surface area (Å²) >= 11 is 7.59. The topological polar surface area (TPSA) is 49.4 Å². The molecule has 4 nitrogen and oxygen atoms in total. The normalized spacial score (nSPS) is 16.8. The molecule has 0 aliphatic carbocycles. The van der Waals surface area contributed by atoms with Gasteiger partial charge in [-0.15, -0.1) is 11.8 Å². The molecule has 0 saturated carbocycles. The summed E-state index contributed by atoms with van der Waals surface area (Å²) in [7, 11) is 0. The van der Waals surface area contributed by atoms with Crippen molar-refractivity contribution in [2.75, 3.05) is 12.3 Å². The molecule has 4 rings (SSSR count). The quantitative estimate of drug-likeness (QED) is 0.491. The Bertz CT molecular complexity index is 1070. The third kappa shape index (κ3) is 5.34. The first-order chi connectivity index (χ1) is 15.5. The number of carbonyl (C=O) groups excluding carboxylic acids is 2. The molecule has 2 atom stereocenters. The van der Waals surface area contributed by atoms with E-state index in [1.165, 1.54) is 5.56 Å². The first-order valence-corrected chi connectivity index (χ1v) is 12.0. The van der Waals surface area contributed by atoms with Crippen LogP contribution in [0.3, 0.4) is 0 Å². The molecular formula is C26H25ClN2O2S. The molecule has 6 heteroatoms. The number of nitrogens with zero attached hydrogens (tertiary/aromatic N) is 1. The van der Waals surface area contributed by atoms with Crippen LogP contribution < -0.4 is 5.32 Å². The highest BCUT2D eigenvalue weighted by Crippen LogP contribution is 2.39. The van der Waals surface area contributed by atoms with E-state index in [4.69, 9.17) is 11.6 Å². The van der Waals surface area contributed by atoms with Crippen LogP contribution in [0, 0.1) is 0 Å². The number of carbonyl (C=O) groups is 2. The second-order valence-electron chi connectivity index (χ2n) is 7.96. The minimum absolute atomic E-state index is 0.0617. The summed E-state index contributed by atoms with van der Waals surface area (Å²) < 4.78 is 0. The Balaban J connectivity index is 1.39. The van der Waals surface area contributed by atoms with E-state index < -0.39 is 0 Å². The Morgan fingerprint density at radius 3 is 2.44 bits per heavy atom. The third-order valence-electron chi connectivity index (χ3n) is 5.63. The first-order valence-electron chi connectivity index (χ1n) is 10.6. The van der Waals surface area contributed by atoms with Crippen molar-refractivity contribution in [3.63, 3.8) is 0 Å². The van der Waals surface area contributed by atoms with Gasteiger partial charge in [0.05, 0.1) is 5.75 Å². The molecule has 1 heterocycles. The lowest BCUT2D eigenvalue weighted by molar-refractivity contribution is -0.128. The summed E-state index contributed by atoms with van der Waals surface area (Å²) in [5.41, 5.74) is 3.88. The van der Waals surface area contributed by atoms with E-state index in [0.29, 0.717) is 29.4 Å². The number of hydrogen-bond donors (Lipinski definition) is 1. The summed E-state index contributed by atoms with van der Waals surface area (Å²) in [5.74, 6) is 0.721. The van der Waals surface area contributed by atoms with Crippen LogP contribution in [-0.2, 0) is 11.3 Å². The SMILES string of the molecule is C[C@H](CNC(=O)c1ccc([C@H]2SCC(=O)N2Cc2ccc(Cl)cc2)cc1)c1ccccc1. The lowest BCUT2D eigenvalue weighted by Gasteiger charge is -2.24. The monoisotopic (exact) mass is 464 g/mol. The van der Waals surface area contributed by atoms with E-state index in [0.717, 1.165) is 11.1 Å². The fraction of sp³-hybridized carbons (Fsp3) is 0.231. The zero-order chi connectivity index (χ0) is 22.5. The zero-order valence-corrected chi connectivity index (χ0v) is 19.4. The highest BCUT2D eigenvalue weighted by atomic mass is 35.5. The highest BCUT2D eigenvalue weighted by molar-refractivity contribution is 8.00. The molecule has 3 aromatic carbocycles. The molecule has 0 unspecified atom stereocenters. The van der Waals surface area contributed by atoms with Gasteiger partial charge < -0.3 is 10.2 Å². The van der Waals surface area contributed by atoms with Crippen molar-refractivity contribution >= 4 is 35.2 Å². The van der Waals surface area contributed by atoms with Crippen LogP contribution in [0.5, 0.6) is 0 Å². The second-order valence-corrected chi connectivity index (χ2v) is 9.46. The molecule has 1 fully saturated rings. The van der Waals surface area contributed by atoms with Crippen LogP contribution in [0.15, 0.2) is 78.9 Å². The van der Waals surface area contributed by atoms with Crippen molar-refractivity contribution in [2.45, 2.75) is 24.8 Å². The predicted octanol–water partition coefficient (Wildman–Crippen LogP) is 5.65. The standard InChI is InChI=1S/C26H25ClN2O2S/c1-18(20-5-3-2-4-6-20)15-28-25(31)21-9-11-22(12-10-21)26-29(24(30)17-32-26)16-19-7-13-23(27)14-8-19/h2-14,18,26H,15-17H2,1H3,(H,28,31)/t18-,26-/m1/s1. The maximum Gasteiger partial charge on any atom is 0.251 e. The Morgan fingerprint density at radius 1 is 1.06 bits per heavy atom. The van der Waals surface area contributed by atoms with Crippen molar-refractivity contribution in [3.05, 3.63) is 106 Å². The summed E-state index contributed by atoms with van der Waals surface area (Å²) in [4.78, 5) is 27.0. The van der Waals surface area contributed by atoms with Gasteiger partial charge in [0.1, 0.15) is 5.37 Å². The molecule has 164 valence electrons.